The minimum atomic E-state index is -3.94. The number of aromatic nitrogens is 4. The maximum Gasteiger partial charge on any atom is 0.283 e. The van der Waals surface area contributed by atoms with E-state index in [1.54, 1.807) is 18.2 Å². The molecule has 2 heterocycles. The van der Waals surface area contributed by atoms with Gasteiger partial charge in [-0.05, 0) is 49.8 Å². The Hall–Kier alpha value is -2.75. The van der Waals surface area contributed by atoms with Gasteiger partial charge in [0.2, 0.25) is 5.91 Å². The molecule has 8 nitrogen and oxygen atoms in total. The van der Waals surface area contributed by atoms with Gasteiger partial charge in [0.15, 0.2) is 0 Å². The van der Waals surface area contributed by atoms with Crippen LogP contribution in [0.5, 0.6) is 0 Å². The van der Waals surface area contributed by atoms with Gasteiger partial charge in [-0.15, -0.1) is 0 Å². The molecule has 34 heavy (non-hydrogen) atoms. The number of amides is 1. The number of hydrogen-bond donors (Lipinski definition) is 1. The van der Waals surface area contributed by atoms with Crippen molar-refractivity contribution in [2.24, 2.45) is 5.92 Å². The van der Waals surface area contributed by atoms with Crippen molar-refractivity contribution < 1.29 is 17.6 Å². The molecule has 0 spiro atoms. The maximum absolute atomic E-state index is 13.6. The molecule has 1 amide bonds. The highest BCUT2D eigenvalue weighted by atomic mass is 32.2. The van der Waals surface area contributed by atoms with Crippen LogP contribution >= 0.6 is 0 Å². The average Bonchev–Trinajstić information content (AvgIpc) is 3.40. The van der Waals surface area contributed by atoms with Crippen LogP contribution in [0.15, 0.2) is 35.5 Å². The van der Waals surface area contributed by atoms with Crippen molar-refractivity contribution in [3.8, 4) is 0 Å². The van der Waals surface area contributed by atoms with E-state index < -0.39 is 16.2 Å². The fourth-order valence-electron chi connectivity index (χ4n) is 4.53. The van der Waals surface area contributed by atoms with Crippen LogP contribution in [0.4, 0.5) is 4.39 Å². The van der Waals surface area contributed by atoms with Gasteiger partial charge in [0.1, 0.15) is 12.0 Å². The highest BCUT2D eigenvalue weighted by Gasteiger charge is 2.28. The fourth-order valence-corrected chi connectivity index (χ4v) is 5.70. The SMILES string of the molecule is CNC(=O)Cc1cnn(S(=O)(=O)c2ccc3c(c2)nc(C(C)(C)C)n3CC2CCC(F)CC2)c1. The summed E-state index contributed by atoms with van der Waals surface area (Å²) in [7, 11) is -2.42. The van der Waals surface area contributed by atoms with Crippen LogP contribution < -0.4 is 5.32 Å². The number of rotatable bonds is 6. The lowest BCUT2D eigenvalue weighted by Gasteiger charge is -2.27. The van der Waals surface area contributed by atoms with E-state index in [4.69, 9.17) is 4.98 Å². The van der Waals surface area contributed by atoms with Crippen LogP contribution in [0.3, 0.4) is 0 Å². The van der Waals surface area contributed by atoms with Crippen LogP contribution in [-0.2, 0) is 33.2 Å². The molecule has 0 aliphatic heterocycles. The highest BCUT2D eigenvalue weighted by Crippen LogP contribution is 2.33. The van der Waals surface area contributed by atoms with Crippen molar-refractivity contribution in [3.05, 3.63) is 42.0 Å². The number of carbonyl (C=O) groups excluding carboxylic acids is 1. The van der Waals surface area contributed by atoms with Crippen molar-refractivity contribution >= 4 is 27.0 Å². The molecule has 0 bridgehead atoms. The predicted octanol–water partition coefficient (Wildman–Crippen LogP) is 3.58. The van der Waals surface area contributed by atoms with Gasteiger partial charge in [-0.25, -0.2) is 9.37 Å². The molecule has 1 N–H and O–H groups in total. The molecule has 1 aliphatic carbocycles. The lowest BCUT2D eigenvalue weighted by atomic mass is 9.87. The summed E-state index contributed by atoms with van der Waals surface area (Å²) in [6, 6.07) is 4.94. The Bertz CT molecular complexity index is 1300. The summed E-state index contributed by atoms with van der Waals surface area (Å²) in [5.74, 6) is 1.03. The highest BCUT2D eigenvalue weighted by molar-refractivity contribution is 7.89. The lowest BCUT2D eigenvalue weighted by Crippen LogP contribution is -2.24. The van der Waals surface area contributed by atoms with Crippen LogP contribution in [0, 0.1) is 5.92 Å². The standard InChI is InChI=1S/C24H32FN5O3S/c1-24(2,3)23-28-20-12-19(34(32,33)30-15-17(13-27-30)11-22(31)26-4)9-10-21(20)29(23)14-16-5-7-18(25)8-6-16/h9-10,12-13,15-16,18H,5-8,11,14H2,1-4H3,(H,26,31). The quantitative estimate of drug-likeness (QED) is 0.571. The first-order valence-electron chi connectivity index (χ1n) is 11.6. The number of nitrogens with one attached hydrogen (secondary N) is 1. The van der Waals surface area contributed by atoms with Crippen molar-refractivity contribution in [2.45, 2.75) is 75.9 Å². The van der Waals surface area contributed by atoms with Gasteiger partial charge in [0, 0.05) is 30.8 Å². The first kappa shape index (κ1) is 24.4. The van der Waals surface area contributed by atoms with Gasteiger partial charge in [-0.1, -0.05) is 20.8 Å². The molecule has 0 radical (unpaired) electrons. The Kier molecular flexibility index (Phi) is 6.54. The summed E-state index contributed by atoms with van der Waals surface area (Å²) in [6.45, 7) is 6.99. The van der Waals surface area contributed by atoms with Crippen LogP contribution in [0.1, 0.15) is 57.8 Å². The normalized spacial score (nSPS) is 19.4. The Balaban J connectivity index is 1.69. The summed E-state index contributed by atoms with van der Waals surface area (Å²) < 4.78 is 43.1. The molecule has 4 rings (SSSR count). The van der Waals surface area contributed by atoms with Gasteiger partial charge < -0.3 is 9.88 Å². The molecule has 1 aromatic carbocycles. The second-order valence-corrected chi connectivity index (χ2v) is 11.9. The number of hydrogen-bond acceptors (Lipinski definition) is 5. The number of halogens is 1. The molecule has 184 valence electrons. The smallest absolute Gasteiger partial charge is 0.283 e. The van der Waals surface area contributed by atoms with Gasteiger partial charge >= 0.3 is 0 Å². The molecule has 0 atom stereocenters. The first-order chi connectivity index (χ1) is 16.0. The van der Waals surface area contributed by atoms with Gasteiger partial charge in [-0.3, -0.25) is 4.79 Å². The first-order valence-corrected chi connectivity index (χ1v) is 13.1. The Labute approximate surface area is 199 Å². The molecule has 3 aromatic rings. The lowest BCUT2D eigenvalue weighted by molar-refractivity contribution is -0.119. The summed E-state index contributed by atoms with van der Waals surface area (Å²) in [6.07, 6.45) is 4.95. The average molecular weight is 490 g/mol. The molecule has 1 fully saturated rings. The van der Waals surface area contributed by atoms with E-state index in [2.05, 4.69) is 35.8 Å². The van der Waals surface area contributed by atoms with E-state index in [0.29, 0.717) is 29.8 Å². The van der Waals surface area contributed by atoms with E-state index in [1.165, 1.54) is 19.4 Å². The second-order valence-electron chi connectivity index (χ2n) is 10.1. The number of fused-ring (bicyclic) bond motifs is 1. The Morgan fingerprint density at radius 3 is 2.56 bits per heavy atom. The number of benzene rings is 1. The largest absolute Gasteiger partial charge is 0.359 e. The van der Waals surface area contributed by atoms with Crippen molar-refractivity contribution in [3.63, 3.8) is 0 Å². The molecule has 0 saturated heterocycles. The molecule has 10 heteroatoms. The number of alkyl halides is 1. The van der Waals surface area contributed by atoms with E-state index in [0.717, 1.165) is 34.8 Å². The second kappa shape index (κ2) is 9.13. The monoisotopic (exact) mass is 489 g/mol. The summed E-state index contributed by atoms with van der Waals surface area (Å²) in [5.41, 5.74) is 1.73. The number of carbonyl (C=O) groups is 1. The molecule has 0 unspecified atom stereocenters. The molecule has 2 aromatic heterocycles. The number of nitrogens with zero attached hydrogens (tertiary/aromatic N) is 4. The van der Waals surface area contributed by atoms with E-state index in [1.807, 2.05) is 0 Å². The molecular weight excluding hydrogens is 457 g/mol. The summed E-state index contributed by atoms with van der Waals surface area (Å²) >= 11 is 0. The minimum absolute atomic E-state index is 0.0503. The van der Waals surface area contributed by atoms with Crippen molar-refractivity contribution in [1.29, 1.82) is 0 Å². The third kappa shape index (κ3) is 4.87. The molecule has 1 saturated carbocycles. The molecular formula is C24H32FN5O3S. The Morgan fingerprint density at radius 2 is 1.91 bits per heavy atom. The van der Waals surface area contributed by atoms with E-state index in [-0.39, 0.29) is 22.6 Å². The molecule has 1 aliphatic rings. The van der Waals surface area contributed by atoms with Crippen LogP contribution in [0.25, 0.3) is 11.0 Å². The third-order valence-corrected chi connectivity index (χ3v) is 7.95. The topological polar surface area (TPSA) is 98.9 Å². The van der Waals surface area contributed by atoms with Crippen molar-refractivity contribution in [2.75, 3.05) is 7.05 Å². The number of imidazole rings is 1. The zero-order valence-corrected chi connectivity index (χ0v) is 20.9. The van der Waals surface area contributed by atoms with Crippen LogP contribution in [-0.4, -0.2) is 46.3 Å². The van der Waals surface area contributed by atoms with Gasteiger partial charge in [0.05, 0.1) is 28.5 Å². The third-order valence-electron chi connectivity index (χ3n) is 6.41. The van der Waals surface area contributed by atoms with Crippen LogP contribution in [0.2, 0.25) is 0 Å². The van der Waals surface area contributed by atoms with E-state index in [9.17, 15) is 17.6 Å². The van der Waals surface area contributed by atoms with Gasteiger partial charge in [0.25, 0.3) is 10.0 Å². The van der Waals surface area contributed by atoms with Crippen molar-refractivity contribution in [1.82, 2.24) is 24.1 Å². The van der Waals surface area contributed by atoms with Gasteiger partial charge in [-0.2, -0.15) is 17.6 Å². The predicted molar refractivity (Wildman–Crippen MR) is 128 cm³/mol. The summed E-state index contributed by atoms with van der Waals surface area (Å²) in [5, 5.41) is 6.48. The fraction of sp³-hybridized carbons (Fsp3) is 0.542. The summed E-state index contributed by atoms with van der Waals surface area (Å²) in [4.78, 5) is 16.5. The maximum atomic E-state index is 13.6. The Morgan fingerprint density at radius 1 is 1.21 bits per heavy atom. The zero-order valence-electron chi connectivity index (χ0n) is 20.1. The minimum Gasteiger partial charge on any atom is -0.359 e. The van der Waals surface area contributed by atoms with E-state index >= 15 is 0 Å². The zero-order chi connectivity index (χ0) is 24.7. The number of likely N-dealkylation sites (N-methyl/N-ethyl adjacent to an activating group) is 1.